The minimum absolute atomic E-state index is 0.219. The van der Waals surface area contributed by atoms with Crippen LogP contribution in [0.5, 0.6) is 5.75 Å². The Kier molecular flexibility index (Phi) is 4.90. The lowest BCUT2D eigenvalue weighted by atomic mass is 10.0. The van der Waals surface area contributed by atoms with Gasteiger partial charge < -0.3 is 14.5 Å². The van der Waals surface area contributed by atoms with Crippen LogP contribution in [0.2, 0.25) is 0 Å². The lowest BCUT2D eigenvalue weighted by Gasteiger charge is -2.13. The van der Waals surface area contributed by atoms with Gasteiger partial charge in [0.2, 0.25) is 5.78 Å². The van der Waals surface area contributed by atoms with Gasteiger partial charge in [-0.2, -0.15) is 0 Å². The number of aryl methyl sites for hydroxylation is 3. The van der Waals surface area contributed by atoms with Crippen molar-refractivity contribution in [1.29, 1.82) is 0 Å². The zero-order valence-corrected chi connectivity index (χ0v) is 16.1. The lowest BCUT2D eigenvalue weighted by Crippen LogP contribution is -2.27. The van der Waals surface area contributed by atoms with Crippen molar-refractivity contribution < 1.29 is 19.1 Å². The maximum absolute atomic E-state index is 12.8. The van der Waals surface area contributed by atoms with Gasteiger partial charge in [-0.15, -0.1) is 0 Å². The monoisotopic (exact) mass is 377 g/mol. The fourth-order valence-electron chi connectivity index (χ4n) is 3.86. The number of fused-ring (bicyclic) bond motifs is 2. The highest BCUT2D eigenvalue weighted by Gasteiger charge is 2.24. The quantitative estimate of drug-likeness (QED) is 0.517. The van der Waals surface area contributed by atoms with Gasteiger partial charge in [-0.1, -0.05) is 24.3 Å². The number of hydrogen-bond donors (Lipinski definition) is 1. The third-order valence-electron chi connectivity index (χ3n) is 5.24. The predicted molar refractivity (Wildman–Crippen MR) is 107 cm³/mol. The van der Waals surface area contributed by atoms with E-state index in [2.05, 4.69) is 11.1 Å². The summed E-state index contributed by atoms with van der Waals surface area (Å²) in [6.45, 7) is 3.22. The predicted octanol–water partition coefficient (Wildman–Crippen LogP) is 4.16. The van der Waals surface area contributed by atoms with E-state index < -0.39 is 12.1 Å². The van der Waals surface area contributed by atoms with Gasteiger partial charge in [0.1, 0.15) is 5.75 Å². The highest BCUT2D eigenvalue weighted by molar-refractivity contribution is 6.11. The molecule has 3 aromatic rings. The summed E-state index contributed by atoms with van der Waals surface area (Å²) in [5, 5.41) is 0.835. The Labute approximate surface area is 163 Å². The Hall–Kier alpha value is -3.08. The third-order valence-corrected chi connectivity index (χ3v) is 5.24. The third kappa shape index (κ3) is 3.52. The first-order chi connectivity index (χ1) is 13.5. The summed E-state index contributed by atoms with van der Waals surface area (Å²) in [5.41, 5.74) is 4.85. The molecule has 0 saturated carbocycles. The molecule has 1 aliphatic carbocycles. The number of nitrogens with one attached hydrogen (secondary N) is 1. The number of benzene rings is 2. The molecule has 0 amide bonds. The minimum Gasteiger partial charge on any atom is -0.482 e. The fraction of sp³-hybridized carbons (Fsp3) is 0.304. The summed E-state index contributed by atoms with van der Waals surface area (Å²) in [7, 11) is 0. The molecular weight excluding hydrogens is 354 g/mol. The van der Waals surface area contributed by atoms with Gasteiger partial charge in [-0.3, -0.25) is 4.79 Å². The summed E-state index contributed by atoms with van der Waals surface area (Å²) in [4.78, 5) is 28.2. The number of Topliss-reactive ketones (excluding diaryl/α,β-unsaturated/α-hetero) is 1. The number of ether oxygens (including phenoxy) is 2. The topological polar surface area (TPSA) is 68.4 Å². The smallest absolute Gasteiger partial charge is 0.344 e. The van der Waals surface area contributed by atoms with E-state index in [4.69, 9.17) is 9.47 Å². The first kappa shape index (κ1) is 18.3. The van der Waals surface area contributed by atoms with Gasteiger partial charge >= 0.3 is 5.97 Å². The number of esters is 1. The van der Waals surface area contributed by atoms with Crippen LogP contribution in [0.15, 0.2) is 42.5 Å². The second-order valence-corrected chi connectivity index (χ2v) is 7.24. The molecule has 0 saturated heterocycles. The Morgan fingerprint density at radius 1 is 1.11 bits per heavy atom. The summed E-state index contributed by atoms with van der Waals surface area (Å²) >= 11 is 0. The normalized spacial score (nSPS) is 13.9. The van der Waals surface area contributed by atoms with Gasteiger partial charge in [-0.05, 0) is 62.4 Å². The molecule has 28 heavy (non-hydrogen) atoms. The Morgan fingerprint density at radius 2 is 1.89 bits per heavy atom. The van der Waals surface area contributed by atoms with Gasteiger partial charge in [0, 0.05) is 22.2 Å². The fourth-order valence-corrected chi connectivity index (χ4v) is 3.86. The Balaban J connectivity index is 1.38. The first-order valence-electron chi connectivity index (χ1n) is 9.58. The van der Waals surface area contributed by atoms with Crippen molar-refractivity contribution in [1.82, 2.24) is 4.98 Å². The van der Waals surface area contributed by atoms with Crippen molar-refractivity contribution in [3.63, 3.8) is 0 Å². The van der Waals surface area contributed by atoms with E-state index in [0.717, 1.165) is 35.9 Å². The second kappa shape index (κ2) is 7.50. The maximum atomic E-state index is 12.8. The van der Waals surface area contributed by atoms with E-state index >= 15 is 0 Å². The van der Waals surface area contributed by atoms with Crippen molar-refractivity contribution in [3.05, 3.63) is 64.8 Å². The van der Waals surface area contributed by atoms with Gasteiger partial charge in [0.25, 0.3) is 0 Å². The van der Waals surface area contributed by atoms with Crippen LogP contribution >= 0.6 is 0 Å². The van der Waals surface area contributed by atoms with Gasteiger partial charge in [-0.25, -0.2) is 4.79 Å². The van der Waals surface area contributed by atoms with Crippen LogP contribution in [-0.4, -0.2) is 29.4 Å². The van der Waals surface area contributed by atoms with Crippen molar-refractivity contribution >= 4 is 22.7 Å². The molecule has 144 valence electrons. The minimum atomic E-state index is -0.881. The Morgan fingerprint density at radius 3 is 2.75 bits per heavy atom. The lowest BCUT2D eigenvalue weighted by molar-refractivity contribution is -0.148. The average Bonchev–Trinajstić information content (AvgIpc) is 3.28. The van der Waals surface area contributed by atoms with Crippen LogP contribution in [0.4, 0.5) is 0 Å². The number of H-pyrrole nitrogens is 1. The van der Waals surface area contributed by atoms with E-state index in [9.17, 15) is 9.59 Å². The Bertz CT molecular complexity index is 1050. The molecule has 1 atom stereocenters. The number of aromatic amines is 1. The molecule has 0 spiro atoms. The van der Waals surface area contributed by atoms with Crippen LogP contribution in [-0.2, 0) is 22.4 Å². The highest BCUT2D eigenvalue weighted by atomic mass is 16.6. The molecule has 1 aliphatic rings. The highest BCUT2D eigenvalue weighted by Crippen LogP contribution is 2.26. The molecule has 0 radical (unpaired) electrons. The molecule has 5 nitrogen and oxygen atoms in total. The van der Waals surface area contributed by atoms with Crippen molar-refractivity contribution in [2.75, 3.05) is 6.61 Å². The molecule has 0 aliphatic heterocycles. The number of ketones is 1. The number of aromatic nitrogens is 1. The molecular formula is C23H23NO4. The summed E-state index contributed by atoms with van der Waals surface area (Å²) in [6, 6.07) is 13.5. The number of rotatable bonds is 6. The zero-order chi connectivity index (χ0) is 19.7. The number of hydrogen-bond acceptors (Lipinski definition) is 4. The molecule has 1 heterocycles. The molecule has 4 rings (SSSR count). The largest absolute Gasteiger partial charge is 0.482 e. The van der Waals surface area contributed by atoms with E-state index in [1.165, 1.54) is 11.1 Å². The second-order valence-electron chi connectivity index (χ2n) is 7.24. The molecule has 2 aromatic carbocycles. The summed E-state index contributed by atoms with van der Waals surface area (Å²) in [6.07, 6.45) is 2.43. The number of carbonyl (C=O) groups is 2. The molecule has 0 bridgehead atoms. The first-order valence-corrected chi connectivity index (χ1v) is 9.58. The van der Waals surface area contributed by atoms with Crippen LogP contribution in [0.3, 0.4) is 0 Å². The summed E-state index contributed by atoms with van der Waals surface area (Å²) in [5.74, 6) is -0.122. The average molecular weight is 377 g/mol. The van der Waals surface area contributed by atoms with Crippen LogP contribution < -0.4 is 4.74 Å². The van der Waals surface area contributed by atoms with E-state index in [1.54, 1.807) is 6.92 Å². The molecule has 1 N–H and O–H groups in total. The molecule has 1 aromatic heterocycles. The van der Waals surface area contributed by atoms with Crippen molar-refractivity contribution in [2.24, 2.45) is 0 Å². The van der Waals surface area contributed by atoms with Crippen LogP contribution in [0.25, 0.3) is 10.9 Å². The van der Waals surface area contributed by atoms with E-state index in [-0.39, 0.29) is 12.4 Å². The molecule has 5 heteroatoms. The van der Waals surface area contributed by atoms with Crippen molar-refractivity contribution in [2.45, 2.75) is 39.2 Å². The molecule has 0 fully saturated rings. The van der Waals surface area contributed by atoms with Crippen LogP contribution in [0, 0.1) is 6.92 Å². The van der Waals surface area contributed by atoms with Gasteiger partial charge in [0.05, 0.1) is 0 Å². The number of para-hydroxylation sites is 1. The summed E-state index contributed by atoms with van der Waals surface area (Å²) < 4.78 is 10.9. The van der Waals surface area contributed by atoms with Crippen molar-refractivity contribution in [3.8, 4) is 5.75 Å². The number of carbonyl (C=O) groups excluding carboxylic acids is 2. The van der Waals surface area contributed by atoms with E-state index in [1.807, 2.05) is 43.3 Å². The molecule has 0 unspecified atom stereocenters. The van der Waals surface area contributed by atoms with Crippen LogP contribution in [0.1, 0.15) is 40.5 Å². The van der Waals surface area contributed by atoms with E-state index in [0.29, 0.717) is 11.3 Å². The maximum Gasteiger partial charge on any atom is 0.344 e. The standard InChI is InChI=1S/C23H23NO4/c1-14-22(19-8-3-4-9-20(19)24-14)23(26)15(2)28-21(25)13-27-18-11-10-16-6-5-7-17(16)12-18/h3-4,8-12,15,24H,5-7,13H2,1-2H3/t15-/m0/s1. The van der Waals surface area contributed by atoms with Gasteiger partial charge in [0.15, 0.2) is 12.7 Å². The zero-order valence-electron chi connectivity index (χ0n) is 16.1. The SMILES string of the molecule is Cc1[nH]c2ccccc2c1C(=O)[C@H](C)OC(=O)COc1ccc2c(c1)CCC2.